The standard InChI is InChI=1S/C16H17ClN2O3/c17-15-6-5-14(22-15)16(21)18-12-3-1-2-4-13(12)19-9-7-11(20)8-10-19/h1-6,11,20H,7-10H2,(H,18,21). The molecule has 1 saturated heterocycles. The number of aliphatic hydroxyl groups excluding tert-OH is 1. The Morgan fingerprint density at radius 1 is 1.23 bits per heavy atom. The number of anilines is 2. The molecule has 0 saturated carbocycles. The van der Waals surface area contributed by atoms with Crippen LogP contribution in [0.1, 0.15) is 23.4 Å². The predicted octanol–water partition coefficient (Wildman–Crippen LogP) is 3.15. The third-order valence-corrected chi connectivity index (χ3v) is 3.96. The summed E-state index contributed by atoms with van der Waals surface area (Å²) in [4.78, 5) is 14.4. The fourth-order valence-electron chi connectivity index (χ4n) is 2.58. The van der Waals surface area contributed by atoms with E-state index >= 15 is 0 Å². The predicted molar refractivity (Wildman–Crippen MR) is 85.6 cm³/mol. The number of benzene rings is 1. The second kappa shape index (κ2) is 6.42. The van der Waals surface area contributed by atoms with Crippen molar-refractivity contribution in [1.29, 1.82) is 0 Å². The van der Waals surface area contributed by atoms with Crippen LogP contribution in [0.4, 0.5) is 11.4 Å². The Balaban J connectivity index is 1.78. The summed E-state index contributed by atoms with van der Waals surface area (Å²) in [7, 11) is 0. The van der Waals surface area contributed by atoms with Gasteiger partial charge in [-0.25, -0.2) is 0 Å². The van der Waals surface area contributed by atoms with E-state index in [1.165, 1.54) is 12.1 Å². The molecule has 1 aromatic carbocycles. The van der Waals surface area contributed by atoms with Crippen molar-refractivity contribution in [1.82, 2.24) is 0 Å². The fourth-order valence-corrected chi connectivity index (χ4v) is 2.73. The number of rotatable bonds is 3. The zero-order valence-corrected chi connectivity index (χ0v) is 12.7. The Morgan fingerprint density at radius 2 is 1.95 bits per heavy atom. The van der Waals surface area contributed by atoms with Crippen LogP contribution in [-0.4, -0.2) is 30.2 Å². The summed E-state index contributed by atoms with van der Waals surface area (Å²) in [6.07, 6.45) is 1.23. The molecule has 0 spiro atoms. The first kappa shape index (κ1) is 14.9. The van der Waals surface area contributed by atoms with E-state index in [9.17, 15) is 9.90 Å². The van der Waals surface area contributed by atoms with Gasteiger partial charge in [0, 0.05) is 13.1 Å². The van der Waals surface area contributed by atoms with Gasteiger partial charge in [0.2, 0.25) is 0 Å². The van der Waals surface area contributed by atoms with Crippen molar-refractivity contribution < 1.29 is 14.3 Å². The molecular weight excluding hydrogens is 304 g/mol. The van der Waals surface area contributed by atoms with Crippen LogP contribution in [0.3, 0.4) is 0 Å². The van der Waals surface area contributed by atoms with Gasteiger partial charge in [-0.15, -0.1) is 0 Å². The number of para-hydroxylation sites is 2. The molecule has 1 aromatic heterocycles. The highest BCUT2D eigenvalue weighted by molar-refractivity contribution is 6.29. The van der Waals surface area contributed by atoms with Crippen LogP contribution in [0.2, 0.25) is 5.22 Å². The maximum atomic E-state index is 12.2. The number of nitrogens with one attached hydrogen (secondary N) is 1. The lowest BCUT2D eigenvalue weighted by atomic mass is 10.1. The zero-order chi connectivity index (χ0) is 15.5. The molecule has 2 N–H and O–H groups in total. The van der Waals surface area contributed by atoms with Gasteiger partial charge in [0.15, 0.2) is 11.0 Å². The van der Waals surface area contributed by atoms with Crippen molar-refractivity contribution in [3.05, 3.63) is 47.4 Å². The maximum Gasteiger partial charge on any atom is 0.291 e. The smallest absolute Gasteiger partial charge is 0.291 e. The molecule has 22 heavy (non-hydrogen) atoms. The highest BCUT2D eigenvalue weighted by Gasteiger charge is 2.20. The van der Waals surface area contributed by atoms with Crippen LogP contribution >= 0.6 is 11.6 Å². The summed E-state index contributed by atoms with van der Waals surface area (Å²) in [5, 5.41) is 12.7. The molecule has 1 fully saturated rings. The zero-order valence-electron chi connectivity index (χ0n) is 12.0. The summed E-state index contributed by atoms with van der Waals surface area (Å²) in [6.45, 7) is 1.53. The summed E-state index contributed by atoms with van der Waals surface area (Å²) in [5.74, 6) is -0.162. The number of aliphatic hydroxyl groups is 1. The van der Waals surface area contributed by atoms with Crippen LogP contribution in [0.25, 0.3) is 0 Å². The fraction of sp³-hybridized carbons (Fsp3) is 0.312. The number of furan rings is 1. The number of carbonyl (C=O) groups excluding carboxylic acids is 1. The first-order chi connectivity index (χ1) is 10.6. The van der Waals surface area contributed by atoms with Gasteiger partial charge in [0.25, 0.3) is 5.91 Å². The molecule has 1 amide bonds. The van der Waals surface area contributed by atoms with Crippen LogP contribution < -0.4 is 10.2 Å². The summed E-state index contributed by atoms with van der Waals surface area (Å²) in [6, 6.07) is 10.7. The Morgan fingerprint density at radius 3 is 2.64 bits per heavy atom. The van der Waals surface area contributed by atoms with Gasteiger partial charge in [0.05, 0.1) is 17.5 Å². The molecule has 0 bridgehead atoms. The molecule has 0 radical (unpaired) electrons. The number of nitrogens with zero attached hydrogens (tertiary/aromatic N) is 1. The molecule has 6 heteroatoms. The molecule has 0 atom stereocenters. The number of hydrogen-bond acceptors (Lipinski definition) is 4. The summed E-state index contributed by atoms with van der Waals surface area (Å²) >= 11 is 5.70. The highest BCUT2D eigenvalue weighted by atomic mass is 35.5. The first-order valence-corrected chi connectivity index (χ1v) is 7.60. The molecule has 116 valence electrons. The van der Waals surface area contributed by atoms with E-state index in [4.69, 9.17) is 16.0 Å². The quantitative estimate of drug-likeness (QED) is 0.911. The van der Waals surface area contributed by atoms with E-state index in [0.29, 0.717) is 0 Å². The minimum atomic E-state index is -0.337. The van der Waals surface area contributed by atoms with Gasteiger partial charge in [-0.3, -0.25) is 4.79 Å². The number of hydrogen-bond donors (Lipinski definition) is 2. The summed E-state index contributed by atoms with van der Waals surface area (Å²) < 4.78 is 5.12. The molecule has 2 heterocycles. The van der Waals surface area contributed by atoms with Gasteiger partial charge in [-0.2, -0.15) is 0 Å². The van der Waals surface area contributed by atoms with Gasteiger partial charge in [0.1, 0.15) is 0 Å². The van der Waals surface area contributed by atoms with Crippen LogP contribution in [0, 0.1) is 0 Å². The van der Waals surface area contributed by atoms with Gasteiger partial charge < -0.3 is 19.7 Å². The van der Waals surface area contributed by atoms with E-state index in [1.807, 2.05) is 24.3 Å². The van der Waals surface area contributed by atoms with Gasteiger partial charge >= 0.3 is 0 Å². The Labute approximate surface area is 133 Å². The van der Waals surface area contributed by atoms with Crippen LogP contribution in [0.5, 0.6) is 0 Å². The van der Waals surface area contributed by atoms with Crippen molar-refractivity contribution in [3.63, 3.8) is 0 Å². The minimum absolute atomic E-state index is 0.175. The second-order valence-corrected chi connectivity index (χ2v) is 5.67. The lowest BCUT2D eigenvalue weighted by Gasteiger charge is -2.32. The number of amides is 1. The van der Waals surface area contributed by atoms with Crippen LogP contribution in [0.15, 0.2) is 40.8 Å². The van der Waals surface area contributed by atoms with Crippen molar-refractivity contribution in [2.75, 3.05) is 23.3 Å². The van der Waals surface area contributed by atoms with E-state index < -0.39 is 0 Å². The van der Waals surface area contributed by atoms with E-state index in [1.54, 1.807) is 0 Å². The van der Waals surface area contributed by atoms with E-state index in [0.717, 1.165) is 37.3 Å². The summed E-state index contributed by atoms with van der Waals surface area (Å²) in [5.41, 5.74) is 1.66. The molecule has 0 aliphatic carbocycles. The molecule has 1 aliphatic heterocycles. The lowest BCUT2D eigenvalue weighted by molar-refractivity contribution is 0.0996. The normalized spacial score (nSPS) is 15.8. The Hall–Kier alpha value is -1.98. The Bertz CT molecular complexity index is 663. The minimum Gasteiger partial charge on any atom is -0.440 e. The van der Waals surface area contributed by atoms with Crippen molar-refractivity contribution >= 4 is 28.9 Å². The SMILES string of the molecule is O=C(Nc1ccccc1N1CCC(O)CC1)c1ccc(Cl)o1. The van der Waals surface area contributed by atoms with Crippen molar-refractivity contribution in [2.24, 2.45) is 0 Å². The lowest BCUT2D eigenvalue weighted by Crippen LogP contribution is -2.36. The molecule has 5 nitrogen and oxygen atoms in total. The number of carbonyl (C=O) groups is 1. The third kappa shape index (κ3) is 3.26. The Kier molecular flexibility index (Phi) is 4.36. The number of piperidine rings is 1. The molecular formula is C16H17ClN2O3. The topological polar surface area (TPSA) is 65.7 Å². The monoisotopic (exact) mass is 320 g/mol. The van der Waals surface area contributed by atoms with E-state index in [-0.39, 0.29) is 23.0 Å². The molecule has 2 aromatic rings. The molecule has 1 aliphatic rings. The molecule has 3 rings (SSSR count). The van der Waals surface area contributed by atoms with Crippen molar-refractivity contribution in [2.45, 2.75) is 18.9 Å². The maximum absolute atomic E-state index is 12.2. The first-order valence-electron chi connectivity index (χ1n) is 7.22. The van der Waals surface area contributed by atoms with Gasteiger partial charge in [-0.1, -0.05) is 12.1 Å². The largest absolute Gasteiger partial charge is 0.440 e. The molecule has 0 unspecified atom stereocenters. The van der Waals surface area contributed by atoms with Gasteiger partial charge in [-0.05, 0) is 48.7 Å². The average Bonchev–Trinajstić information content (AvgIpc) is 2.95. The third-order valence-electron chi connectivity index (χ3n) is 3.75. The highest BCUT2D eigenvalue weighted by Crippen LogP contribution is 2.29. The van der Waals surface area contributed by atoms with E-state index in [2.05, 4.69) is 10.2 Å². The number of halogens is 1. The van der Waals surface area contributed by atoms with Crippen molar-refractivity contribution in [3.8, 4) is 0 Å². The average molecular weight is 321 g/mol. The second-order valence-electron chi connectivity index (χ2n) is 5.29. The van der Waals surface area contributed by atoms with Crippen LogP contribution in [-0.2, 0) is 0 Å².